The summed E-state index contributed by atoms with van der Waals surface area (Å²) in [5.41, 5.74) is 0. The number of Topliss-reactive ketones (excluding diaryl/α,β-unsaturated/α-hetero) is 1. The molecule has 2 aromatic rings. The van der Waals surface area contributed by atoms with Crippen molar-refractivity contribution in [3.05, 3.63) is 72.6 Å². The highest BCUT2D eigenvalue weighted by Gasteiger charge is 2.28. The highest BCUT2D eigenvalue weighted by molar-refractivity contribution is 7.81. The zero-order valence-corrected chi connectivity index (χ0v) is 14.9. The third kappa shape index (κ3) is 3.60. The summed E-state index contributed by atoms with van der Waals surface area (Å²) in [6, 6.07) is 19.3. The number of carbonyl (C=O) groups is 1. The van der Waals surface area contributed by atoms with Crippen LogP contribution in [0.5, 0.6) is 0 Å². The standard InChI is InChI=1S/C21H23O2P/c1-17(18-12-13-19(22)16-18)14-15-24(23,20-8-4-2-5-9-20)21-10-6-3-7-11-21/h2-11,14-15,17-18H,12-13,16H2,1H3/b15-14+/t17-,18-/m0/s1. The van der Waals surface area contributed by atoms with Crippen LogP contribution in [0.2, 0.25) is 0 Å². The fourth-order valence-corrected chi connectivity index (χ4v) is 5.71. The van der Waals surface area contributed by atoms with Gasteiger partial charge in [0.2, 0.25) is 0 Å². The van der Waals surface area contributed by atoms with E-state index in [4.69, 9.17) is 0 Å². The maximum Gasteiger partial charge on any atom is 0.163 e. The Morgan fingerprint density at radius 3 is 2.00 bits per heavy atom. The summed E-state index contributed by atoms with van der Waals surface area (Å²) < 4.78 is 13.8. The van der Waals surface area contributed by atoms with E-state index < -0.39 is 7.14 Å². The van der Waals surface area contributed by atoms with E-state index in [2.05, 4.69) is 13.0 Å². The van der Waals surface area contributed by atoms with E-state index in [0.29, 0.717) is 24.5 Å². The molecule has 2 aromatic carbocycles. The van der Waals surface area contributed by atoms with Gasteiger partial charge in [-0.2, -0.15) is 0 Å². The number of allylic oxidation sites excluding steroid dienone is 1. The normalized spacial score (nSPS) is 19.7. The van der Waals surface area contributed by atoms with E-state index in [0.717, 1.165) is 17.0 Å². The Balaban J connectivity index is 1.93. The van der Waals surface area contributed by atoms with Crippen molar-refractivity contribution in [1.29, 1.82) is 0 Å². The van der Waals surface area contributed by atoms with Crippen LogP contribution in [0.3, 0.4) is 0 Å². The summed E-state index contributed by atoms with van der Waals surface area (Å²) in [7, 11) is -2.80. The SMILES string of the molecule is C[C@@H](/C=C/P(=O)(c1ccccc1)c1ccccc1)[C@H]1CCC(=O)C1. The van der Waals surface area contributed by atoms with Crippen LogP contribution in [0.4, 0.5) is 0 Å². The molecule has 0 aliphatic heterocycles. The van der Waals surface area contributed by atoms with Crippen molar-refractivity contribution in [2.75, 3.05) is 0 Å². The molecule has 0 amide bonds. The molecular weight excluding hydrogens is 315 g/mol. The van der Waals surface area contributed by atoms with Gasteiger partial charge in [-0.05, 0) is 24.1 Å². The molecule has 1 aliphatic carbocycles. The molecule has 0 spiro atoms. The van der Waals surface area contributed by atoms with Gasteiger partial charge >= 0.3 is 0 Å². The molecule has 24 heavy (non-hydrogen) atoms. The molecule has 0 unspecified atom stereocenters. The van der Waals surface area contributed by atoms with E-state index in [1.54, 1.807) is 0 Å². The second-order valence-electron chi connectivity index (χ2n) is 6.57. The Kier molecular flexibility index (Phi) is 5.16. The summed E-state index contributed by atoms with van der Waals surface area (Å²) in [5, 5.41) is 1.70. The van der Waals surface area contributed by atoms with Gasteiger partial charge in [-0.1, -0.05) is 73.7 Å². The van der Waals surface area contributed by atoms with Crippen LogP contribution in [0.1, 0.15) is 26.2 Å². The van der Waals surface area contributed by atoms with E-state index in [1.165, 1.54) is 0 Å². The van der Waals surface area contributed by atoms with Crippen LogP contribution < -0.4 is 10.6 Å². The zero-order valence-electron chi connectivity index (χ0n) is 14.0. The first-order valence-electron chi connectivity index (χ1n) is 8.51. The molecule has 2 atom stereocenters. The average molecular weight is 338 g/mol. The second-order valence-corrected chi connectivity index (χ2v) is 9.22. The number of hydrogen-bond donors (Lipinski definition) is 0. The molecule has 1 aliphatic rings. The van der Waals surface area contributed by atoms with Crippen molar-refractivity contribution in [3.8, 4) is 0 Å². The van der Waals surface area contributed by atoms with Crippen LogP contribution in [-0.4, -0.2) is 5.78 Å². The van der Waals surface area contributed by atoms with Gasteiger partial charge in [-0.25, -0.2) is 0 Å². The van der Waals surface area contributed by atoms with Gasteiger partial charge in [0.1, 0.15) is 5.78 Å². The Hall–Kier alpha value is -1.92. The minimum Gasteiger partial charge on any atom is -0.309 e. The number of hydrogen-bond acceptors (Lipinski definition) is 2. The molecule has 0 radical (unpaired) electrons. The van der Waals surface area contributed by atoms with Gasteiger partial charge in [0.15, 0.2) is 7.14 Å². The number of ketones is 1. The van der Waals surface area contributed by atoms with Gasteiger partial charge in [0.05, 0.1) is 0 Å². The maximum absolute atomic E-state index is 13.8. The van der Waals surface area contributed by atoms with Gasteiger partial charge < -0.3 is 4.57 Å². The largest absolute Gasteiger partial charge is 0.309 e. The molecule has 3 heteroatoms. The Labute approximate surface area is 144 Å². The molecule has 3 rings (SSSR count). The van der Waals surface area contributed by atoms with E-state index in [1.807, 2.05) is 66.5 Å². The lowest BCUT2D eigenvalue weighted by Gasteiger charge is -2.18. The fourth-order valence-electron chi connectivity index (χ4n) is 3.33. The quantitative estimate of drug-likeness (QED) is 0.751. The molecule has 0 saturated heterocycles. The molecule has 124 valence electrons. The Morgan fingerprint density at radius 1 is 1.00 bits per heavy atom. The highest BCUT2D eigenvalue weighted by atomic mass is 31.2. The fraction of sp³-hybridized carbons (Fsp3) is 0.286. The van der Waals surface area contributed by atoms with Crippen molar-refractivity contribution in [1.82, 2.24) is 0 Å². The highest BCUT2D eigenvalue weighted by Crippen LogP contribution is 2.45. The molecular formula is C21H23O2P. The van der Waals surface area contributed by atoms with Gasteiger partial charge in [0, 0.05) is 23.5 Å². The smallest absolute Gasteiger partial charge is 0.163 e. The van der Waals surface area contributed by atoms with Crippen molar-refractivity contribution in [2.24, 2.45) is 11.8 Å². The van der Waals surface area contributed by atoms with Crippen LogP contribution in [0.15, 0.2) is 72.6 Å². The molecule has 2 nitrogen and oxygen atoms in total. The molecule has 1 saturated carbocycles. The van der Waals surface area contributed by atoms with E-state index >= 15 is 0 Å². The minimum atomic E-state index is -2.80. The first kappa shape index (κ1) is 16.9. The molecule has 1 fully saturated rings. The topological polar surface area (TPSA) is 34.1 Å². The summed E-state index contributed by atoms with van der Waals surface area (Å²) in [4.78, 5) is 11.5. The number of carbonyl (C=O) groups excluding carboxylic acids is 1. The van der Waals surface area contributed by atoms with E-state index in [-0.39, 0.29) is 5.92 Å². The lowest BCUT2D eigenvalue weighted by Crippen LogP contribution is -2.14. The van der Waals surface area contributed by atoms with E-state index in [9.17, 15) is 9.36 Å². The number of benzene rings is 2. The van der Waals surface area contributed by atoms with Crippen molar-refractivity contribution in [3.63, 3.8) is 0 Å². The van der Waals surface area contributed by atoms with Gasteiger partial charge in [-0.3, -0.25) is 4.79 Å². The molecule has 0 N–H and O–H groups in total. The van der Waals surface area contributed by atoms with Crippen molar-refractivity contribution in [2.45, 2.75) is 26.2 Å². The lowest BCUT2D eigenvalue weighted by molar-refractivity contribution is -0.117. The Bertz CT molecular complexity index is 721. The van der Waals surface area contributed by atoms with Gasteiger partial charge in [0.25, 0.3) is 0 Å². The average Bonchev–Trinajstić information content (AvgIpc) is 3.07. The summed E-state index contributed by atoms with van der Waals surface area (Å²) in [6.07, 6.45) is 4.36. The van der Waals surface area contributed by atoms with Crippen LogP contribution in [0, 0.1) is 11.8 Å². The van der Waals surface area contributed by atoms with Crippen molar-refractivity contribution < 1.29 is 9.36 Å². The number of rotatable bonds is 5. The third-order valence-electron chi connectivity index (χ3n) is 4.91. The second kappa shape index (κ2) is 7.32. The summed E-state index contributed by atoms with van der Waals surface area (Å²) in [5.74, 6) is 2.89. The first-order chi connectivity index (χ1) is 11.6. The van der Waals surface area contributed by atoms with Crippen molar-refractivity contribution >= 4 is 23.5 Å². The molecule has 0 bridgehead atoms. The Morgan fingerprint density at radius 2 is 1.54 bits per heavy atom. The lowest BCUT2D eigenvalue weighted by atomic mass is 9.93. The molecule has 0 aromatic heterocycles. The molecule has 0 heterocycles. The first-order valence-corrected chi connectivity index (χ1v) is 10.3. The monoisotopic (exact) mass is 338 g/mol. The maximum atomic E-state index is 13.8. The van der Waals surface area contributed by atoms with Crippen LogP contribution in [0.25, 0.3) is 0 Å². The summed E-state index contributed by atoms with van der Waals surface area (Å²) in [6.45, 7) is 2.13. The predicted molar refractivity (Wildman–Crippen MR) is 100 cm³/mol. The minimum absolute atomic E-state index is 0.261. The predicted octanol–water partition coefficient (Wildman–Crippen LogP) is 4.52. The van der Waals surface area contributed by atoms with Crippen LogP contribution >= 0.6 is 7.14 Å². The summed E-state index contributed by atoms with van der Waals surface area (Å²) >= 11 is 0. The zero-order chi connectivity index (χ0) is 17.0. The van der Waals surface area contributed by atoms with Gasteiger partial charge in [-0.15, -0.1) is 0 Å². The third-order valence-corrected chi connectivity index (χ3v) is 7.63. The van der Waals surface area contributed by atoms with Crippen LogP contribution in [-0.2, 0) is 9.36 Å².